The molecule has 2 saturated heterocycles. The van der Waals surface area contributed by atoms with Crippen LogP contribution in [-0.4, -0.2) is 77.9 Å². The van der Waals surface area contributed by atoms with E-state index < -0.39 is 5.60 Å². The second kappa shape index (κ2) is 6.57. The highest BCUT2D eigenvalue weighted by Crippen LogP contribution is 2.27. The van der Waals surface area contributed by atoms with Gasteiger partial charge in [0.25, 0.3) is 5.91 Å². The highest BCUT2D eigenvalue weighted by atomic mass is 16.6. The van der Waals surface area contributed by atoms with Crippen LogP contribution in [0.2, 0.25) is 0 Å². The third-order valence-corrected chi connectivity index (χ3v) is 4.65. The molecule has 25 heavy (non-hydrogen) atoms. The Morgan fingerprint density at radius 3 is 2.84 bits per heavy atom. The van der Waals surface area contributed by atoms with E-state index in [1.165, 1.54) is 6.33 Å². The zero-order chi connectivity index (χ0) is 17.3. The van der Waals surface area contributed by atoms with Crippen molar-refractivity contribution >= 4 is 17.6 Å². The Morgan fingerprint density at radius 2 is 2.08 bits per heavy atom. The quantitative estimate of drug-likeness (QED) is 0.795. The van der Waals surface area contributed by atoms with Crippen LogP contribution in [-0.2, 0) is 14.3 Å². The molecule has 0 aromatic carbocycles. The van der Waals surface area contributed by atoms with Crippen LogP contribution < -0.4 is 10.2 Å². The van der Waals surface area contributed by atoms with E-state index in [0.29, 0.717) is 44.6 Å². The van der Waals surface area contributed by atoms with Gasteiger partial charge in [-0.05, 0) is 12.8 Å². The average Bonchev–Trinajstić information content (AvgIpc) is 3.46. The predicted octanol–water partition coefficient (Wildman–Crippen LogP) is -0.217. The van der Waals surface area contributed by atoms with Gasteiger partial charge in [0, 0.05) is 12.6 Å². The molecule has 3 aliphatic rings. The van der Waals surface area contributed by atoms with Crippen LogP contribution in [0.1, 0.15) is 12.8 Å². The molecule has 9 nitrogen and oxygen atoms in total. The van der Waals surface area contributed by atoms with Crippen LogP contribution in [0.25, 0.3) is 0 Å². The van der Waals surface area contributed by atoms with E-state index in [2.05, 4.69) is 15.3 Å². The molecule has 3 amide bonds. The maximum absolute atomic E-state index is 12.4. The summed E-state index contributed by atoms with van der Waals surface area (Å²) in [5.74, 6) is -0.154. The van der Waals surface area contributed by atoms with Crippen molar-refractivity contribution in [3.05, 3.63) is 18.7 Å². The molecule has 1 spiro atoms. The van der Waals surface area contributed by atoms with Crippen LogP contribution in [0.15, 0.2) is 18.7 Å². The van der Waals surface area contributed by atoms with Crippen molar-refractivity contribution in [3.63, 3.8) is 0 Å². The van der Waals surface area contributed by atoms with Crippen molar-refractivity contribution in [1.29, 1.82) is 0 Å². The van der Waals surface area contributed by atoms with E-state index in [-0.39, 0.29) is 18.5 Å². The maximum atomic E-state index is 12.4. The summed E-state index contributed by atoms with van der Waals surface area (Å²) in [6.45, 7) is 1.90. The van der Waals surface area contributed by atoms with Crippen molar-refractivity contribution in [2.75, 3.05) is 44.4 Å². The van der Waals surface area contributed by atoms with Crippen LogP contribution in [0, 0.1) is 0 Å². The molecule has 1 aromatic rings. The van der Waals surface area contributed by atoms with Crippen LogP contribution >= 0.6 is 0 Å². The largest absolute Gasteiger partial charge is 0.376 e. The van der Waals surface area contributed by atoms with E-state index in [0.717, 1.165) is 12.8 Å². The molecular formula is C16H21N5O4. The fraction of sp³-hybridized carbons (Fsp3) is 0.625. The summed E-state index contributed by atoms with van der Waals surface area (Å²) in [5, 5.41) is 3.00. The molecule has 1 N–H and O–H groups in total. The number of hydrogen-bond acceptors (Lipinski definition) is 6. The van der Waals surface area contributed by atoms with Crippen LogP contribution in [0.4, 0.5) is 10.5 Å². The summed E-state index contributed by atoms with van der Waals surface area (Å²) in [7, 11) is 0. The summed E-state index contributed by atoms with van der Waals surface area (Å²) in [6.07, 6.45) is 6.68. The minimum Gasteiger partial charge on any atom is -0.376 e. The lowest BCUT2D eigenvalue weighted by molar-refractivity contribution is -0.145. The zero-order valence-corrected chi connectivity index (χ0v) is 13.9. The monoisotopic (exact) mass is 347 g/mol. The molecule has 134 valence electrons. The molecule has 1 aromatic heterocycles. The number of ether oxygens (including phenoxy) is 2. The molecule has 1 saturated carbocycles. The van der Waals surface area contributed by atoms with Crippen LogP contribution in [0.3, 0.4) is 0 Å². The molecular weight excluding hydrogens is 326 g/mol. The van der Waals surface area contributed by atoms with Crippen molar-refractivity contribution in [2.45, 2.75) is 24.5 Å². The van der Waals surface area contributed by atoms with Gasteiger partial charge in [-0.25, -0.2) is 14.8 Å². The lowest BCUT2D eigenvalue weighted by Gasteiger charge is -2.42. The Balaban J connectivity index is 1.52. The van der Waals surface area contributed by atoms with Gasteiger partial charge in [0.2, 0.25) is 0 Å². The summed E-state index contributed by atoms with van der Waals surface area (Å²) < 4.78 is 11.6. The Hall–Kier alpha value is -2.26. The fourth-order valence-electron chi connectivity index (χ4n) is 3.14. The summed E-state index contributed by atoms with van der Waals surface area (Å²) in [6, 6.07) is 0.196. The lowest BCUT2D eigenvalue weighted by atomic mass is 10.0. The number of rotatable bonds is 2. The Labute approximate surface area is 145 Å². The van der Waals surface area contributed by atoms with Gasteiger partial charge in [-0.2, -0.15) is 0 Å². The average molecular weight is 347 g/mol. The van der Waals surface area contributed by atoms with E-state index >= 15 is 0 Å². The van der Waals surface area contributed by atoms with Crippen LogP contribution in [0.5, 0.6) is 0 Å². The van der Waals surface area contributed by atoms with Crippen molar-refractivity contribution in [2.24, 2.45) is 0 Å². The van der Waals surface area contributed by atoms with E-state index in [4.69, 9.17) is 9.47 Å². The first-order chi connectivity index (χ1) is 12.2. The number of hydrogen-bond donors (Lipinski definition) is 1. The number of morpholine rings is 1. The van der Waals surface area contributed by atoms with Gasteiger partial charge in [0.1, 0.15) is 18.5 Å². The van der Waals surface area contributed by atoms with Crippen molar-refractivity contribution < 1.29 is 19.1 Å². The van der Waals surface area contributed by atoms with Gasteiger partial charge in [-0.1, -0.05) is 0 Å². The lowest BCUT2D eigenvalue weighted by Crippen LogP contribution is -2.62. The van der Waals surface area contributed by atoms with Gasteiger partial charge >= 0.3 is 6.03 Å². The topological polar surface area (TPSA) is 96.9 Å². The molecule has 9 heteroatoms. The fourth-order valence-corrected chi connectivity index (χ4v) is 3.14. The number of nitrogens with zero attached hydrogens (tertiary/aromatic N) is 4. The Kier molecular flexibility index (Phi) is 4.26. The molecule has 3 heterocycles. The minimum absolute atomic E-state index is 0.0592. The second-order valence-electron chi connectivity index (χ2n) is 6.75. The number of carbonyl (C=O) groups excluding carboxylic acids is 2. The van der Waals surface area contributed by atoms with Crippen molar-refractivity contribution in [3.8, 4) is 0 Å². The summed E-state index contributed by atoms with van der Waals surface area (Å²) in [4.78, 5) is 36.0. The summed E-state index contributed by atoms with van der Waals surface area (Å²) >= 11 is 0. The molecule has 1 atom stereocenters. The number of urea groups is 1. The Bertz CT molecular complexity index is 653. The molecule has 2 aliphatic heterocycles. The predicted molar refractivity (Wildman–Crippen MR) is 87.0 cm³/mol. The van der Waals surface area contributed by atoms with E-state index in [9.17, 15) is 9.59 Å². The smallest absolute Gasteiger partial charge is 0.317 e. The number of amides is 3. The highest BCUT2D eigenvalue weighted by Gasteiger charge is 2.44. The number of carbonyl (C=O) groups is 2. The summed E-state index contributed by atoms with van der Waals surface area (Å²) in [5.41, 5.74) is -0.130. The first kappa shape index (κ1) is 16.2. The number of nitrogens with one attached hydrogen (secondary N) is 1. The van der Waals surface area contributed by atoms with Gasteiger partial charge in [-0.15, -0.1) is 0 Å². The molecule has 0 bridgehead atoms. The molecule has 1 aliphatic carbocycles. The second-order valence-corrected chi connectivity index (χ2v) is 6.75. The molecule has 3 fully saturated rings. The van der Waals surface area contributed by atoms with Gasteiger partial charge < -0.3 is 24.6 Å². The first-order valence-corrected chi connectivity index (χ1v) is 8.48. The maximum Gasteiger partial charge on any atom is 0.317 e. The Morgan fingerprint density at radius 1 is 1.28 bits per heavy atom. The third-order valence-electron chi connectivity index (χ3n) is 4.65. The number of aromatic nitrogens is 2. The highest BCUT2D eigenvalue weighted by molar-refractivity contribution is 5.94. The van der Waals surface area contributed by atoms with Gasteiger partial charge in [0.15, 0.2) is 0 Å². The van der Waals surface area contributed by atoms with Crippen molar-refractivity contribution in [1.82, 2.24) is 20.2 Å². The molecule has 0 unspecified atom stereocenters. The van der Waals surface area contributed by atoms with Gasteiger partial charge in [0.05, 0.1) is 44.4 Å². The first-order valence-electron chi connectivity index (χ1n) is 8.48. The minimum atomic E-state index is -0.749. The SMILES string of the molecule is O=C(NC1CC1)N1CCOC[C@]2(C1)CN(c1cncnc1)C(=O)CO2. The zero-order valence-electron chi connectivity index (χ0n) is 13.9. The van der Waals surface area contributed by atoms with E-state index in [1.807, 2.05) is 0 Å². The van der Waals surface area contributed by atoms with E-state index in [1.54, 1.807) is 22.2 Å². The molecule has 0 radical (unpaired) electrons. The number of anilines is 1. The van der Waals surface area contributed by atoms with Gasteiger partial charge in [-0.3, -0.25) is 4.79 Å². The normalized spacial score (nSPS) is 27.3. The molecule has 4 rings (SSSR count). The standard InChI is InChI=1S/C16H21N5O4/c22-14-7-25-16(9-21(14)13-5-17-11-18-6-13)8-20(3-4-24-10-16)15(23)19-12-1-2-12/h5-6,11-12H,1-4,7-10H2,(H,19,23)/t16-/m0/s1. The third kappa shape index (κ3) is 3.57.